The molecule has 2 unspecified atom stereocenters. The molecule has 0 aliphatic heterocycles. The standard InChI is InChI=1S/C7H15FO/c1-5(9)6(8)7(2,3)4/h5-6,9H,1-4H3. The fraction of sp³-hybridized carbons (Fsp3) is 1.00. The van der Waals surface area contributed by atoms with Gasteiger partial charge in [-0.2, -0.15) is 0 Å². The van der Waals surface area contributed by atoms with Crippen LogP contribution in [-0.2, 0) is 0 Å². The van der Waals surface area contributed by atoms with Gasteiger partial charge in [0.2, 0.25) is 0 Å². The summed E-state index contributed by atoms with van der Waals surface area (Å²) < 4.78 is 12.8. The average Bonchev–Trinajstić information content (AvgIpc) is 1.62. The molecule has 0 amide bonds. The van der Waals surface area contributed by atoms with Crippen LogP contribution >= 0.6 is 0 Å². The fourth-order valence-corrected chi connectivity index (χ4v) is 0.724. The number of rotatable bonds is 1. The van der Waals surface area contributed by atoms with Crippen molar-refractivity contribution in [2.45, 2.75) is 40.0 Å². The largest absolute Gasteiger partial charge is 0.390 e. The summed E-state index contributed by atoms with van der Waals surface area (Å²) in [5.41, 5.74) is -0.436. The van der Waals surface area contributed by atoms with Crippen molar-refractivity contribution >= 4 is 0 Å². The Labute approximate surface area is 55.9 Å². The minimum absolute atomic E-state index is 0.436. The van der Waals surface area contributed by atoms with Gasteiger partial charge in [0.05, 0.1) is 6.10 Å². The van der Waals surface area contributed by atoms with Crippen molar-refractivity contribution in [1.29, 1.82) is 0 Å². The lowest BCUT2D eigenvalue weighted by Crippen LogP contribution is -2.31. The zero-order chi connectivity index (χ0) is 7.65. The quantitative estimate of drug-likeness (QED) is 0.579. The van der Waals surface area contributed by atoms with Crippen LogP contribution in [0.3, 0.4) is 0 Å². The van der Waals surface area contributed by atoms with Gasteiger partial charge in [-0.3, -0.25) is 0 Å². The van der Waals surface area contributed by atoms with Gasteiger partial charge in [-0.1, -0.05) is 20.8 Å². The number of hydrogen-bond donors (Lipinski definition) is 1. The summed E-state index contributed by atoms with van der Waals surface area (Å²) in [7, 11) is 0. The molecule has 1 N–H and O–H groups in total. The van der Waals surface area contributed by atoms with Crippen molar-refractivity contribution in [3.05, 3.63) is 0 Å². The molecule has 0 aromatic heterocycles. The van der Waals surface area contributed by atoms with Gasteiger partial charge in [-0.25, -0.2) is 4.39 Å². The molecule has 0 aromatic carbocycles. The highest BCUT2D eigenvalue weighted by Crippen LogP contribution is 2.24. The first kappa shape index (κ1) is 8.89. The third-order valence-corrected chi connectivity index (χ3v) is 1.25. The molecule has 0 rings (SSSR count). The fourth-order valence-electron chi connectivity index (χ4n) is 0.724. The Balaban J connectivity index is 3.88. The molecule has 0 fully saturated rings. The van der Waals surface area contributed by atoms with Crippen LogP contribution in [0.1, 0.15) is 27.7 Å². The molecule has 0 aliphatic rings. The van der Waals surface area contributed by atoms with E-state index >= 15 is 0 Å². The molecule has 0 radical (unpaired) electrons. The van der Waals surface area contributed by atoms with Crippen molar-refractivity contribution in [2.75, 3.05) is 0 Å². The van der Waals surface area contributed by atoms with E-state index in [4.69, 9.17) is 5.11 Å². The normalized spacial score (nSPS) is 19.3. The highest BCUT2D eigenvalue weighted by molar-refractivity contribution is 4.76. The van der Waals surface area contributed by atoms with E-state index in [0.29, 0.717) is 0 Å². The summed E-state index contributed by atoms with van der Waals surface area (Å²) in [5, 5.41) is 8.78. The molecule has 0 aliphatic carbocycles. The summed E-state index contributed by atoms with van der Waals surface area (Å²) in [4.78, 5) is 0. The summed E-state index contributed by atoms with van der Waals surface area (Å²) in [6.07, 6.45) is -1.98. The summed E-state index contributed by atoms with van der Waals surface area (Å²) in [6.45, 7) is 6.77. The lowest BCUT2D eigenvalue weighted by Gasteiger charge is -2.25. The van der Waals surface area contributed by atoms with E-state index in [9.17, 15) is 4.39 Å². The van der Waals surface area contributed by atoms with Crippen molar-refractivity contribution in [3.63, 3.8) is 0 Å². The van der Waals surface area contributed by atoms with E-state index in [1.165, 1.54) is 6.92 Å². The molecule has 2 heteroatoms. The molecule has 1 nitrogen and oxygen atoms in total. The van der Waals surface area contributed by atoms with Crippen LogP contribution in [-0.4, -0.2) is 17.4 Å². The van der Waals surface area contributed by atoms with E-state index in [1.54, 1.807) is 20.8 Å². The molecule has 56 valence electrons. The van der Waals surface area contributed by atoms with E-state index in [0.717, 1.165) is 0 Å². The maximum Gasteiger partial charge on any atom is 0.130 e. The number of halogens is 1. The van der Waals surface area contributed by atoms with Crippen LogP contribution in [0, 0.1) is 5.41 Å². The second kappa shape index (κ2) is 2.65. The van der Waals surface area contributed by atoms with Crippen molar-refractivity contribution in [2.24, 2.45) is 5.41 Å². The third-order valence-electron chi connectivity index (χ3n) is 1.25. The highest BCUT2D eigenvalue weighted by Gasteiger charge is 2.27. The highest BCUT2D eigenvalue weighted by atomic mass is 19.1. The monoisotopic (exact) mass is 134 g/mol. The van der Waals surface area contributed by atoms with Crippen LogP contribution in [0.25, 0.3) is 0 Å². The van der Waals surface area contributed by atoms with Gasteiger partial charge in [0, 0.05) is 0 Å². The van der Waals surface area contributed by atoms with Gasteiger partial charge < -0.3 is 5.11 Å². The van der Waals surface area contributed by atoms with Crippen LogP contribution in [0.4, 0.5) is 4.39 Å². The Bertz CT molecular complexity index is 83.4. The molecule has 0 saturated carbocycles. The second-order valence-electron chi connectivity index (χ2n) is 3.51. The van der Waals surface area contributed by atoms with Crippen LogP contribution in [0.2, 0.25) is 0 Å². The Hall–Kier alpha value is -0.110. The molecule has 9 heavy (non-hydrogen) atoms. The van der Waals surface area contributed by atoms with E-state index in [1.807, 2.05) is 0 Å². The Morgan fingerprint density at radius 3 is 1.67 bits per heavy atom. The zero-order valence-electron chi connectivity index (χ0n) is 6.48. The smallest absolute Gasteiger partial charge is 0.130 e. The minimum atomic E-state index is -1.13. The Morgan fingerprint density at radius 1 is 1.33 bits per heavy atom. The summed E-state index contributed by atoms with van der Waals surface area (Å²) in [5.74, 6) is 0. The molecular formula is C7H15FO. The Morgan fingerprint density at radius 2 is 1.67 bits per heavy atom. The first-order valence-corrected chi connectivity index (χ1v) is 3.18. The molecule has 0 saturated heterocycles. The van der Waals surface area contributed by atoms with Gasteiger partial charge in [0.15, 0.2) is 0 Å². The SMILES string of the molecule is CC(O)C(F)C(C)(C)C. The van der Waals surface area contributed by atoms with Crippen LogP contribution < -0.4 is 0 Å². The van der Waals surface area contributed by atoms with Crippen LogP contribution in [0.5, 0.6) is 0 Å². The molecule has 0 heterocycles. The lowest BCUT2D eigenvalue weighted by molar-refractivity contribution is 0.0252. The number of aliphatic hydroxyl groups excluding tert-OH is 1. The number of aliphatic hydroxyl groups is 1. The van der Waals surface area contributed by atoms with Gasteiger partial charge in [0.25, 0.3) is 0 Å². The van der Waals surface area contributed by atoms with Gasteiger partial charge in [-0.15, -0.1) is 0 Å². The van der Waals surface area contributed by atoms with Crippen molar-refractivity contribution in [1.82, 2.24) is 0 Å². The molecule has 0 aromatic rings. The maximum absolute atomic E-state index is 12.8. The third kappa shape index (κ3) is 2.80. The first-order chi connectivity index (χ1) is 3.85. The van der Waals surface area contributed by atoms with Gasteiger partial charge in [-0.05, 0) is 12.3 Å². The predicted molar refractivity (Wildman–Crippen MR) is 36.0 cm³/mol. The number of alkyl halides is 1. The summed E-state index contributed by atoms with van der Waals surface area (Å²) >= 11 is 0. The van der Waals surface area contributed by atoms with E-state index < -0.39 is 17.7 Å². The molecule has 2 atom stereocenters. The average molecular weight is 134 g/mol. The summed E-state index contributed by atoms with van der Waals surface area (Å²) in [6, 6.07) is 0. The first-order valence-electron chi connectivity index (χ1n) is 3.18. The molecule has 0 bridgehead atoms. The molecule has 0 spiro atoms. The topological polar surface area (TPSA) is 20.2 Å². The zero-order valence-corrected chi connectivity index (χ0v) is 6.48. The van der Waals surface area contributed by atoms with Gasteiger partial charge in [0.1, 0.15) is 6.17 Å². The van der Waals surface area contributed by atoms with Gasteiger partial charge >= 0.3 is 0 Å². The molecular weight excluding hydrogens is 119 g/mol. The van der Waals surface area contributed by atoms with E-state index in [2.05, 4.69) is 0 Å². The van der Waals surface area contributed by atoms with Crippen molar-refractivity contribution < 1.29 is 9.50 Å². The predicted octanol–water partition coefficient (Wildman–Crippen LogP) is 1.75. The number of hydrogen-bond acceptors (Lipinski definition) is 1. The second-order valence-corrected chi connectivity index (χ2v) is 3.51. The van der Waals surface area contributed by atoms with Crippen molar-refractivity contribution in [3.8, 4) is 0 Å². The maximum atomic E-state index is 12.8. The van der Waals surface area contributed by atoms with Crippen LogP contribution in [0.15, 0.2) is 0 Å². The lowest BCUT2D eigenvalue weighted by atomic mass is 9.88. The Kier molecular flexibility index (Phi) is 2.62. The minimum Gasteiger partial charge on any atom is -0.390 e. The van der Waals surface area contributed by atoms with E-state index in [-0.39, 0.29) is 0 Å².